The molecule has 4 nitrogen and oxygen atoms in total. The van der Waals surface area contributed by atoms with Crippen molar-refractivity contribution in [3.8, 4) is 62.1 Å². The lowest BCUT2D eigenvalue weighted by atomic mass is 9.97. The van der Waals surface area contributed by atoms with Gasteiger partial charge in [-0.2, -0.15) is 0 Å². The molecule has 0 bridgehead atoms. The first-order valence-electron chi connectivity index (χ1n) is 18.8. The van der Waals surface area contributed by atoms with Gasteiger partial charge < -0.3 is 4.57 Å². The Bertz CT molecular complexity index is 3180. The number of aromatic nitrogens is 4. The van der Waals surface area contributed by atoms with Crippen molar-refractivity contribution in [1.82, 2.24) is 19.5 Å². The second-order valence-electron chi connectivity index (χ2n) is 14.0. The zero-order valence-corrected chi connectivity index (χ0v) is 31.0. The van der Waals surface area contributed by atoms with Gasteiger partial charge in [0, 0.05) is 53.3 Å². The van der Waals surface area contributed by atoms with E-state index in [-0.39, 0.29) is 0 Å². The summed E-state index contributed by atoms with van der Waals surface area (Å²) in [6.07, 6.45) is 0. The van der Waals surface area contributed by atoms with Crippen LogP contribution in [0, 0.1) is 0 Å². The van der Waals surface area contributed by atoms with E-state index in [0.29, 0.717) is 17.5 Å². The highest BCUT2D eigenvalue weighted by atomic mass is 32.1. The van der Waals surface area contributed by atoms with Crippen molar-refractivity contribution in [2.45, 2.75) is 0 Å². The largest absolute Gasteiger partial charge is 0.309 e. The molecule has 3 heterocycles. The summed E-state index contributed by atoms with van der Waals surface area (Å²) in [5, 5.41) is 4.99. The zero-order valence-electron chi connectivity index (χ0n) is 30.2. The Kier molecular flexibility index (Phi) is 7.64. The molecule has 0 saturated carbocycles. The maximum absolute atomic E-state index is 5.03. The second-order valence-corrected chi connectivity index (χ2v) is 15.1. The van der Waals surface area contributed by atoms with Gasteiger partial charge in [-0.3, -0.25) is 0 Å². The van der Waals surface area contributed by atoms with Crippen LogP contribution in [-0.2, 0) is 0 Å². The van der Waals surface area contributed by atoms with Crippen LogP contribution < -0.4 is 0 Å². The van der Waals surface area contributed by atoms with Crippen molar-refractivity contribution in [3.63, 3.8) is 0 Å². The Hall–Kier alpha value is -7.21. The highest BCUT2D eigenvalue weighted by Gasteiger charge is 2.19. The molecule has 0 fully saturated rings. The fraction of sp³-hybridized carbons (Fsp3) is 0. The molecule has 5 heteroatoms. The topological polar surface area (TPSA) is 43.6 Å². The van der Waals surface area contributed by atoms with Gasteiger partial charge in [-0.1, -0.05) is 146 Å². The Morgan fingerprint density at radius 1 is 0.339 bits per heavy atom. The molecule has 0 aliphatic heterocycles. The first-order chi connectivity index (χ1) is 27.7. The van der Waals surface area contributed by atoms with Crippen LogP contribution in [0.4, 0.5) is 0 Å². The molecular weight excluding hydrogens is 701 g/mol. The predicted molar refractivity (Wildman–Crippen MR) is 234 cm³/mol. The quantitative estimate of drug-likeness (QED) is 0.171. The third kappa shape index (κ3) is 5.48. The summed E-state index contributed by atoms with van der Waals surface area (Å²) in [6.45, 7) is 0. The maximum Gasteiger partial charge on any atom is 0.164 e. The SMILES string of the molecule is c1ccc(-c2ccc3sc4ccc(-n5c6ccccc6c6c(-c7cccc(-c8nc(-c9ccccc9)nc(-c9ccccc9)n8)c7)cccc65)cc4c3c2)cc1. The molecule has 0 saturated heterocycles. The average molecular weight is 733 g/mol. The lowest BCUT2D eigenvalue weighted by Gasteiger charge is -2.11. The van der Waals surface area contributed by atoms with Crippen LogP contribution in [-0.4, -0.2) is 19.5 Å². The van der Waals surface area contributed by atoms with E-state index in [2.05, 4.69) is 138 Å². The van der Waals surface area contributed by atoms with Crippen LogP contribution in [0.3, 0.4) is 0 Å². The third-order valence-electron chi connectivity index (χ3n) is 10.6. The van der Waals surface area contributed by atoms with Gasteiger partial charge in [0.15, 0.2) is 17.5 Å². The van der Waals surface area contributed by atoms with Crippen molar-refractivity contribution in [2.24, 2.45) is 0 Å². The van der Waals surface area contributed by atoms with Crippen molar-refractivity contribution in [1.29, 1.82) is 0 Å². The van der Waals surface area contributed by atoms with Crippen molar-refractivity contribution >= 4 is 53.3 Å². The molecule has 262 valence electrons. The molecule has 8 aromatic carbocycles. The number of nitrogens with zero attached hydrogens (tertiary/aromatic N) is 4. The Balaban J connectivity index is 1.07. The average Bonchev–Trinajstić information content (AvgIpc) is 3.82. The number of hydrogen-bond acceptors (Lipinski definition) is 4. The first-order valence-corrected chi connectivity index (χ1v) is 19.6. The fourth-order valence-corrected chi connectivity index (χ4v) is 9.08. The summed E-state index contributed by atoms with van der Waals surface area (Å²) in [7, 11) is 0. The van der Waals surface area contributed by atoms with Gasteiger partial charge in [0.05, 0.1) is 11.0 Å². The van der Waals surface area contributed by atoms with Gasteiger partial charge in [-0.15, -0.1) is 11.3 Å². The number of benzene rings is 8. The highest BCUT2D eigenvalue weighted by molar-refractivity contribution is 7.25. The first kappa shape index (κ1) is 32.2. The van der Waals surface area contributed by atoms with Crippen molar-refractivity contribution in [3.05, 3.63) is 194 Å². The van der Waals surface area contributed by atoms with E-state index >= 15 is 0 Å². The summed E-state index contributed by atoms with van der Waals surface area (Å²) in [5.74, 6) is 1.94. The minimum atomic E-state index is 0.640. The smallest absolute Gasteiger partial charge is 0.164 e. The Labute approximate surface area is 327 Å². The maximum atomic E-state index is 5.03. The number of hydrogen-bond donors (Lipinski definition) is 0. The van der Waals surface area contributed by atoms with Crippen LogP contribution in [0.1, 0.15) is 0 Å². The second kappa shape index (κ2) is 13.3. The fourth-order valence-electron chi connectivity index (χ4n) is 8.02. The number of fused-ring (bicyclic) bond motifs is 6. The van der Waals surface area contributed by atoms with Gasteiger partial charge >= 0.3 is 0 Å². The minimum Gasteiger partial charge on any atom is -0.309 e. The molecule has 0 N–H and O–H groups in total. The molecule has 56 heavy (non-hydrogen) atoms. The van der Waals surface area contributed by atoms with Gasteiger partial charge in [-0.25, -0.2) is 15.0 Å². The molecule has 0 radical (unpaired) electrons. The summed E-state index contributed by atoms with van der Waals surface area (Å²) in [4.78, 5) is 15.0. The number of para-hydroxylation sites is 1. The lowest BCUT2D eigenvalue weighted by molar-refractivity contribution is 1.07. The third-order valence-corrected chi connectivity index (χ3v) is 11.8. The van der Waals surface area contributed by atoms with Gasteiger partial charge in [0.25, 0.3) is 0 Å². The minimum absolute atomic E-state index is 0.640. The summed E-state index contributed by atoms with van der Waals surface area (Å²) >= 11 is 1.85. The van der Waals surface area contributed by atoms with Crippen LogP contribution in [0.2, 0.25) is 0 Å². The van der Waals surface area contributed by atoms with Crippen LogP contribution in [0.15, 0.2) is 194 Å². The Morgan fingerprint density at radius 2 is 0.875 bits per heavy atom. The number of thiophene rings is 1. The standard InChI is InChI=1S/C51H32N4S/c1-4-14-33(15-5-1)36-26-28-46-42(31-36)43-32-39(27-29-47(43)56-46)55-44-24-11-10-22-41(44)48-40(23-13-25-45(48)55)37-20-12-21-38(30-37)51-53-49(34-16-6-2-7-17-34)52-50(54-51)35-18-8-3-9-19-35/h1-32H. The van der Waals surface area contributed by atoms with E-state index in [4.69, 9.17) is 15.0 Å². The molecule has 0 aliphatic rings. The lowest BCUT2D eigenvalue weighted by Crippen LogP contribution is -2.00. The molecule has 3 aromatic heterocycles. The van der Waals surface area contributed by atoms with Crippen molar-refractivity contribution < 1.29 is 0 Å². The summed E-state index contributed by atoms with van der Waals surface area (Å²) in [5.41, 5.74) is 11.0. The van der Waals surface area contributed by atoms with E-state index in [9.17, 15) is 0 Å². The number of rotatable bonds is 6. The molecule has 0 amide bonds. The monoisotopic (exact) mass is 732 g/mol. The normalized spacial score (nSPS) is 11.6. The van der Waals surface area contributed by atoms with Crippen LogP contribution >= 0.6 is 11.3 Å². The van der Waals surface area contributed by atoms with Crippen LogP contribution in [0.5, 0.6) is 0 Å². The molecular formula is C51H32N4S. The van der Waals surface area contributed by atoms with E-state index in [0.717, 1.165) is 39.0 Å². The highest BCUT2D eigenvalue weighted by Crippen LogP contribution is 2.42. The van der Waals surface area contributed by atoms with E-state index in [1.807, 2.05) is 72.0 Å². The Morgan fingerprint density at radius 3 is 1.59 bits per heavy atom. The van der Waals surface area contributed by atoms with Gasteiger partial charge in [0.2, 0.25) is 0 Å². The van der Waals surface area contributed by atoms with Gasteiger partial charge in [0.1, 0.15) is 0 Å². The van der Waals surface area contributed by atoms with Gasteiger partial charge in [-0.05, 0) is 70.8 Å². The van der Waals surface area contributed by atoms with E-state index in [1.165, 1.54) is 47.6 Å². The predicted octanol–water partition coefficient (Wildman–Crippen LogP) is 13.7. The van der Waals surface area contributed by atoms with Crippen LogP contribution in [0.25, 0.3) is 104 Å². The summed E-state index contributed by atoms with van der Waals surface area (Å²) < 4.78 is 5.01. The van der Waals surface area contributed by atoms with E-state index < -0.39 is 0 Å². The molecule has 0 aliphatic carbocycles. The summed E-state index contributed by atoms with van der Waals surface area (Å²) in [6, 6.07) is 68.7. The molecule has 0 spiro atoms. The van der Waals surface area contributed by atoms with E-state index in [1.54, 1.807) is 0 Å². The van der Waals surface area contributed by atoms with Crippen molar-refractivity contribution in [2.75, 3.05) is 0 Å². The zero-order chi connectivity index (χ0) is 37.0. The molecule has 0 atom stereocenters. The molecule has 11 rings (SSSR count). The molecule has 0 unspecified atom stereocenters. The molecule has 11 aromatic rings.